The molecule has 0 spiro atoms. The van der Waals surface area contributed by atoms with Crippen molar-refractivity contribution >= 4 is 24.2 Å². The molecule has 5 nitrogen and oxygen atoms in total. The van der Waals surface area contributed by atoms with Gasteiger partial charge in [0.05, 0.1) is 11.4 Å². The van der Waals surface area contributed by atoms with E-state index >= 15 is 0 Å². The number of nitrogens with zero attached hydrogens (tertiary/aromatic N) is 4. The van der Waals surface area contributed by atoms with Gasteiger partial charge in [0, 0.05) is 31.6 Å². The van der Waals surface area contributed by atoms with Gasteiger partial charge in [-0.2, -0.15) is 0 Å². The maximum absolute atomic E-state index is 12.5. The van der Waals surface area contributed by atoms with Gasteiger partial charge in [0.1, 0.15) is 5.84 Å². The normalized spacial score (nSPS) is 14.1. The monoisotopic (exact) mass is 256 g/mol. The van der Waals surface area contributed by atoms with Crippen molar-refractivity contribution in [3.63, 3.8) is 0 Å². The molecule has 2 heterocycles. The zero-order valence-electron chi connectivity index (χ0n) is 10.9. The summed E-state index contributed by atoms with van der Waals surface area (Å²) in [5.41, 5.74) is 1.34. The molecule has 1 aromatic heterocycles. The van der Waals surface area contributed by atoms with Crippen LogP contribution in [0.3, 0.4) is 0 Å². The van der Waals surface area contributed by atoms with Gasteiger partial charge in [-0.1, -0.05) is 13.2 Å². The Balaban J connectivity index is 2.73. The summed E-state index contributed by atoms with van der Waals surface area (Å²) in [6, 6.07) is 0. The fraction of sp³-hybridized carbons (Fsp3) is 0.214. The number of rotatable bonds is 3. The minimum Gasteiger partial charge on any atom is -0.292 e. The highest BCUT2D eigenvalue weighted by Gasteiger charge is 2.18. The summed E-state index contributed by atoms with van der Waals surface area (Å²) in [4.78, 5) is 20.7. The Labute approximate surface area is 111 Å². The first-order valence-corrected chi connectivity index (χ1v) is 6.08. The smallest absolute Gasteiger partial charge is 0.292 e. The van der Waals surface area contributed by atoms with Gasteiger partial charge in [-0.05, 0) is 19.1 Å². The molecule has 0 saturated heterocycles. The third kappa shape index (κ3) is 2.14. The lowest BCUT2D eigenvalue weighted by Crippen LogP contribution is -2.30. The van der Waals surface area contributed by atoms with Crippen LogP contribution in [0.5, 0.6) is 0 Å². The molecule has 0 bridgehead atoms. The Kier molecular flexibility index (Phi) is 3.75. The lowest BCUT2D eigenvalue weighted by Gasteiger charge is -2.04. The molecule has 0 aromatic carbocycles. The number of imidazole rings is 1. The Morgan fingerprint density at radius 3 is 2.68 bits per heavy atom. The van der Waals surface area contributed by atoms with E-state index in [0.29, 0.717) is 24.5 Å². The van der Waals surface area contributed by atoms with Crippen LogP contribution in [-0.4, -0.2) is 21.2 Å². The van der Waals surface area contributed by atoms with Crippen molar-refractivity contribution in [2.24, 2.45) is 9.98 Å². The Morgan fingerprint density at radius 1 is 1.32 bits per heavy atom. The zero-order valence-corrected chi connectivity index (χ0v) is 10.9. The van der Waals surface area contributed by atoms with E-state index in [2.05, 4.69) is 23.1 Å². The number of aliphatic imine (C=N–C) groups is 2. The summed E-state index contributed by atoms with van der Waals surface area (Å²) in [6.45, 7) is 10.0. The predicted octanol–water partition coefficient (Wildman–Crippen LogP) is 2.15. The highest BCUT2D eigenvalue weighted by Crippen LogP contribution is 2.12. The second kappa shape index (κ2) is 5.48. The van der Waals surface area contributed by atoms with Crippen LogP contribution in [0.2, 0.25) is 0 Å². The van der Waals surface area contributed by atoms with Gasteiger partial charge in [0.2, 0.25) is 0 Å². The first-order chi connectivity index (χ1) is 9.24. The van der Waals surface area contributed by atoms with Crippen LogP contribution < -0.4 is 5.69 Å². The summed E-state index contributed by atoms with van der Waals surface area (Å²) < 4.78 is 3.22. The van der Waals surface area contributed by atoms with Crippen LogP contribution in [0.25, 0.3) is 12.2 Å². The molecule has 0 unspecified atom stereocenters. The standard InChI is InChI=1S/C14H16N4O/c1-4-11-12(5-2)18(14(19)17(11)6-3)13-7-8-15-9-10-16-13/h4-5,8-10H,1-2,6-7H2,3H3. The molecule has 0 atom stereocenters. The molecule has 0 radical (unpaired) electrons. The predicted molar refractivity (Wildman–Crippen MR) is 79.6 cm³/mol. The molecule has 0 amide bonds. The van der Waals surface area contributed by atoms with Crippen molar-refractivity contribution in [1.29, 1.82) is 0 Å². The summed E-state index contributed by atoms with van der Waals surface area (Å²) in [5, 5.41) is 0. The SMILES string of the molecule is C=Cc1c(C=C)n(C2=NC=CN=CC2)c(=O)n1CC. The van der Waals surface area contributed by atoms with Crippen LogP contribution in [0.4, 0.5) is 0 Å². The number of aromatic nitrogens is 2. The van der Waals surface area contributed by atoms with Crippen LogP contribution in [-0.2, 0) is 6.54 Å². The topological polar surface area (TPSA) is 51.6 Å². The summed E-state index contributed by atoms with van der Waals surface area (Å²) in [6.07, 6.45) is 8.71. The van der Waals surface area contributed by atoms with Gasteiger partial charge in [0.15, 0.2) is 0 Å². The molecular formula is C14H16N4O. The van der Waals surface area contributed by atoms with Crippen molar-refractivity contribution in [2.45, 2.75) is 19.9 Å². The van der Waals surface area contributed by atoms with Gasteiger partial charge < -0.3 is 0 Å². The fourth-order valence-corrected chi connectivity index (χ4v) is 2.10. The largest absolute Gasteiger partial charge is 0.334 e. The highest BCUT2D eigenvalue weighted by molar-refractivity contribution is 5.97. The van der Waals surface area contributed by atoms with E-state index in [1.807, 2.05) is 6.92 Å². The summed E-state index contributed by atoms with van der Waals surface area (Å²) in [7, 11) is 0. The quantitative estimate of drug-likeness (QED) is 0.817. The molecule has 0 N–H and O–H groups in total. The van der Waals surface area contributed by atoms with E-state index in [4.69, 9.17) is 0 Å². The second-order valence-corrected chi connectivity index (χ2v) is 3.92. The lowest BCUT2D eigenvalue weighted by atomic mass is 10.3. The Hall–Kier alpha value is -2.43. The van der Waals surface area contributed by atoms with Crippen molar-refractivity contribution in [3.8, 4) is 0 Å². The third-order valence-electron chi connectivity index (χ3n) is 2.93. The highest BCUT2D eigenvalue weighted by atomic mass is 16.1. The van der Waals surface area contributed by atoms with Crippen LogP contribution >= 0.6 is 0 Å². The first-order valence-electron chi connectivity index (χ1n) is 6.08. The molecule has 1 aliphatic heterocycles. The molecule has 19 heavy (non-hydrogen) atoms. The van der Waals surface area contributed by atoms with Crippen LogP contribution in [0.1, 0.15) is 24.7 Å². The van der Waals surface area contributed by atoms with Crippen molar-refractivity contribution in [3.05, 3.63) is 47.4 Å². The second-order valence-electron chi connectivity index (χ2n) is 3.92. The third-order valence-corrected chi connectivity index (χ3v) is 2.93. The average molecular weight is 256 g/mol. The van der Waals surface area contributed by atoms with Crippen molar-refractivity contribution in [1.82, 2.24) is 9.13 Å². The van der Waals surface area contributed by atoms with E-state index in [1.165, 1.54) is 0 Å². The van der Waals surface area contributed by atoms with Gasteiger partial charge in [-0.25, -0.2) is 14.4 Å². The molecule has 1 aromatic rings. The van der Waals surface area contributed by atoms with Gasteiger partial charge in [-0.15, -0.1) is 0 Å². The molecule has 5 heteroatoms. The Morgan fingerprint density at radius 2 is 2.05 bits per heavy atom. The molecule has 1 aliphatic rings. The fourth-order valence-electron chi connectivity index (χ4n) is 2.10. The molecular weight excluding hydrogens is 240 g/mol. The maximum Gasteiger partial charge on any atom is 0.334 e. The lowest BCUT2D eigenvalue weighted by molar-refractivity contribution is 0.713. The minimum atomic E-state index is -0.130. The summed E-state index contributed by atoms with van der Waals surface area (Å²) >= 11 is 0. The number of hydrogen-bond acceptors (Lipinski definition) is 3. The van der Waals surface area contributed by atoms with E-state index in [0.717, 1.165) is 5.69 Å². The van der Waals surface area contributed by atoms with Crippen molar-refractivity contribution in [2.75, 3.05) is 0 Å². The first kappa shape index (κ1) is 13.0. The van der Waals surface area contributed by atoms with Gasteiger partial charge >= 0.3 is 5.69 Å². The minimum absolute atomic E-state index is 0.130. The average Bonchev–Trinajstić information content (AvgIpc) is 2.61. The molecule has 0 saturated carbocycles. The summed E-state index contributed by atoms with van der Waals surface area (Å²) in [5.74, 6) is 0.632. The van der Waals surface area contributed by atoms with Crippen LogP contribution in [0, 0.1) is 0 Å². The maximum atomic E-state index is 12.5. The van der Waals surface area contributed by atoms with Gasteiger partial charge in [-0.3, -0.25) is 9.56 Å². The molecule has 2 rings (SSSR count). The molecule has 0 fully saturated rings. The number of hydrogen-bond donors (Lipinski definition) is 0. The van der Waals surface area contributed by atoms with E-state index < -0.39 is 0 Å². The zero-order chi connectivity index (χ0) is 13.8. The van der Waals surface area contributed by atoms with Crippen LogP contribution in [0.15, 0.2) is 40.3 Å². The van der Waals surface area contributed by atoms with E-state index in [-0.39, 0.29) is 5.69 Å². The van der Waals surface area contributed by atoms with E-state index in [1.54, 1.807) is 39.9 Å². The molecule has 0 aliphatic carbocycles. The Bertz CT molecular complexity index is 656. The van der Waals surface area contributed by atoms with E-state index in [9.17, 15) is 4.79 Å². The van der Waals surface area contributed by atoms with Crippen molar-refractivity contribution < 1.29 is 0 Å². The van der Waals surface area contributed by atoms with Gasteiger partial charge in [0.25, 0.3) is 0 Å². The molecule has 98 valence electrons.